The predicted octanol–water partition coefficient (Wildman–Crippen LogP) is -0.550. The van der Waals surface area contributed by atoms with Crippen LogP contribution in [0, 0.1) is 0 Å². The van der Waals surface area contributed by atoms with Crippen molar-refractivity contribution < 1.29 is 4.74 Å². The Bertz CT molecular complexity index is 155. The molecule has 0 saturated carbocycles. The highest BCUT2D eigenvalue weighted by Gasteiger charge is 2.17. The van der Waals surface area contributed by atoms with Gasteiger partial charge in [0.05, 0.1) is 12.1 Å². The third-order valence-electron chi connectivity index (χ3n) is 1.32. The maximum absolute atomic E-state index is 5.20. The van der Waals surface area contributed by atoms with E-state index < -0.39 is 0 Å². The molecule has 0 bridgehead atoms. The lowest BCUT2D eigenvalue weighted by Gasteiger charge is -2.26. The SMILES string of the molecule is CN=C(NN)NC(C)(C)COC. The lowest BCUT2D eigenvalue weighted by Crippen LogP contribution is -2.53. The van der Waals surface area contributed by atoms with Crippen molar-refractivity contribution in [1.82, 2.24) is 10.7 Å². The predicted molar refractivity (Wildman–Crippen MR) is 49.8 cm³/mol. The number of guanidine groups is 1. The van der Waals surface area contributed by atoms with Crippen molar-refractivity contribution in [2.45, 2.75) is 19.4 Å². The van der Waals surface area contributed by atoms with Crippen LogP contribution in [0.25, 0.3) is 0 Å². The summed E-state index contributed by atoms with van der Waals surface area (Å²) >= 11 is 0. The van der Waals surface area contributed by atoms with E-state index in [4.69, 9.17) is 10.6 Å². The molecule has 0 atom stereocenters. The van der Waals surface area contributed by atoms with Gasteiger partial charge in [-0.15, -0.1) is 0 Å². The van der Waals surface area contributed by atoms with Crippen molar-refractivity contribution in [2.75, 3.05) is 20.8 Å². The Morgan fingerprint density at radius 3 is 2.50 bits per heavy atom. The molecule has 0 rings (SSSR count). The number of nitrogens with two attached hydrogens (primary N) is 1. The molecule has 0 spiro atoms. The number of hydrogen-bond acceptors (Lipinski definition) is 3. The molecule has 12 heavy (non-hydrogen) atoms. The van der Waals surface area contributed by atoms with Crippen molar-refractivity contribution in [1.29, 1.82) is 0 Å². The number of hydrazine groups is 1. The molecule has 0 fully saturated rings. The molecule has 0 unspecified atom stereocenters. The molecule has 5 heteroatoms. The quantitative estimate of drug-likeness (QED) is 0.232. The van der Waals surface area contributed by atoms with E-state index in [0.29, 0.717) is 12.6 Å². The Kier molecular flexibility index (Phi) is 4.61. The van der Waals surface area contributed by atoms with E-state index in [0.717, 1.165) is 0 Å². The number of hydrogen-bond donors (Lipinski definition) is 3. The molecule has 0 amide bonds. The van der Waals surface area contributed by atoms with Crippen LogP contribution in [0.1, 0.15) is 13.8 Å². The van der Waals surface area contributed by atoms with Gasteiger partial charge in [0, 0.05) is 14.2 Å². The number of methoxy groups -OCH3 is 1. The molecular weight excluding hydrogens is 156 g/mol. The van der Waals surface area contributed by atoms with Crippen LogP contribution in [-0.4, -0.2) is 32.3 Å². The molecule has 0 aliphatic rings. The zero-order valence-electron chi connectivity index (χ0n) is 8.14. The van der Waals surface area contributed by atoms with Crippen LogP contribution in [0.5, 0.6) is 0 Å². The third-order valence-corrected chi connectivity index (χ3v) is 1.32. The molecular formula is C7H18N4O. The van der Waals surface area contributed by atoms with Crippen LogP contribution in [0.3, 0.4) is 0 Å². The normalized spacial score (nSPS) is 12.9. The molecule has 5 nitrogen and oxygen atoms in total. The van der Waals surface area contributed by atoms with Crippen molar-refractivity contribution in [3.8, 4) is 0 Å². The van der Waals surface area contributed by atoms with E-state index in [2.05, 4.69) is 15.7 Å². The number of aliphatic imine (C=N–C) groups is 1. The molecule has 0 aromatic rings. The fraction of sp³-hybridized carbons (Fsp3) is 0.857. The average Bonchev–Trinajstić information content (AvgIpc) is 2.00. The van der Waals surface area contributed by atoms with Crippen molar-refractivity contribution in [3.05, 3.63) is 0 Å². The van der Waals surface area contributed by atoms with Crippen LogP contribution in [0.2, 0.25) is 0 Å². The van der Waals surface area contributed by atoms with E-state index in [-0.39, 0.29) is 5.54 Å². The van der Waals surface area contributed by atoms with Crippen LogP contribution >= 0.6 is 0 Å². The summed E-state index contributed by atoms with van der Waals surface area (Å²) < 4.78 is 5.01. The Labute approximate surface area is 73.3 Å². The van der Waals surface area contributed by atoms with E-state index >= 15 is 0 Å². The van der Waals surface area contributed by atoms with Gasteiger partial charge in [-0.3, -0.25) is 10.4 Å². The Morgan fingerprint density at radius 2 is 2.17 bits per heavy atom. The van der Waals surface area contributed by atoms with E-state index in [1.807, 2.05) is 13.8 Å². The van der Waals surface area contributed by atoms with Gasteiger partial charge in [0.15, 0.2) is 0 Å². The topological polar surface area (TPSA) is 71.7 Å². The second kappa shape index (κ2) is 4.95. The first-order valence-electron chi connectivity index (χ1n) is 3.76. The first kappa shape index (κ1) is 11.2. The highest BCUT2D eigenvalue weighted by molar-refractivity contribution is 5.79. The van der Waals surface area contributed by atoms with Gasteiger partial charge in [-0.25, -0.2) is 5.84 Å². The number of rotatable bonds is 3. The summed E-state index contributed by atoms with van der Waals surface area (Å²) in [5, 5.41) is 3.08. The third kappa shape index (κ3) is 4.15. The van der Waals surface area contributed by atoms with Gasteiger partial charge in [-0.2, -0.15) is 0 Å². The summed E-state index contributed by atoms with van der Waals surface area (Å²) in [6.07, 6.45) is 0. The Balaban J connectivity index is 4.03. The molecule has 72 valence electrons. The molecule has 0 aromatic heterocycles. The van der Waals surface area contributed by atoms with Crippen molar-refractivity contribution >= 4 is 5.96 Å². The summed E-state index contributed by atoms with van der Waals surface area (Å²) in [5.74, 6) is 5.76. The Hall–Kier alpha value is -0.810. The van der Waals surface area contributed by atoms with E-state index in [1.54, 1.807) is 14.2 Å². The minimum atomic E-state index is -0.171. The first-order chi connectivity index (χ1) is 5.55. The van der Waals surface area contributed by atoms with Gasteiger partial charge < -0.3 is 10.1 Å². The lowest BCUT2D eigenvalue weighted by atomic mass is 10.1. The summed E-state index contributed by atoms with van der Waals surface area (Å²) in [4.78, 5) is 3.89. The summed E-state index contributed by atoms with van der Waals surface area (Å²) in [6, 6.07) is 0. The van der Waals surface area contributed by atoms with Crippen LogP contribution < -0.4 is 16.6 Å². The van der Waals surface area contributed by atoms with Gasteiger partial charge >= 0.3 is 0 Å². The highest BCUT2D eigenvalue weighted by atomic mass is 16.5. The molecule has 0 heterocycles. The summed E-state index contributed by atoms with van der Waals surface area (Å²) in [7, 11) is 3.31. The molecule has 0 radical (unpaired) electrons. The van der Waals surface area contributed by atoms with Gasteiger partial charge in [0.25, 0.3) is 0 Å². The van der Waals surface area contributed by atoms with Crippen molar-refractivity contribution in [2.24, 2.45) is 10.8 Å². The molecule has 0 aliphatic carbocycles. The zero-order chi connectivity index (χ0) is 9.61. The van der Waals surface area contributed by atoms with Crippen LogP contribution in [0.4, 0.5) is 0 Å². The van der Waals surface area contributed by atoms with Gasteiger partial charge in [-0.1, -0.05) is 0 Å². The Morgan fingerprint density at radius 1 is 1.58 bits per heavy atom. The van der Waals surface area contributed by atoms with Crippen LogP contribution in [-0.2, 0) is 4.74 Å². The van der Waals surface area contributed by atoms with Gasteiger partial charge in [0.2, 0.25) is 5.96 Å². The van der Waals surface area contributed by atoms with Gasteiger partial charge in [-0.05, 0) is 13.8 Å². The smallest absolute Gasteiger partial charge is 0.205 e. The molecule has 0 aliphatic heterocycles. The number of ether oxygens (including phenoxy) is 1. The van der Waals surface area contributed by atoms with Crippen LogP contribution in [0.15, 0.2) is 4.99 Å². The summed E-state index contributed by atoms with van der Waals surface area (Å²) in [5.41, 5.74) is 2.28. The van der Waals surface area contributed by atoms with E-state index in [9.17, 15) is 0 Å². The molecule has 0 saturated heterocycles. The second-order valence-corrected chi connectivity index (χ2v) is 3.16. The maximum Gasteiger partial charge on any atom is 0.205 e. The minimum absolute atomic E-state index is 0.171. The fourth-order valence-corrected chi connectivity index (χ4v) is 0.874. The number of nitrogens with zero attached hydrogens (tertiary/aromatic N) is 1. The summed E-state index contributed by atoms with van der Waals surface area (Å²) in [6.45, 7) is 4.59. The average molecular weight is 174 g/mol. The molecule has 0 aromatic carbocycles. The number of nitrogens with one attached hydrogen (secondary N) is 2. The fourth-order valence-electron chi connectivity index (χ4n) is 0.874. The van der Waals surface area contributed by atoms with E-state index in [1.165, 1.54) is 0 Å². The lowest BCUT2D eigenvalue weighted by molar-refractivity contribution is 0.139. The second-order valence-electron chi connectivity index (χ2n) is 3.16. The minimum Gasteiger partial charge on any atom is -0.382 e. The van der Waals surface area contributed by atoms with Gasteiger partial charge in [0.1, 0.15) is 0 Å². The maximum atomic E-state index is 5.20. The molecule has 4 N–H and O–H groups in total. The monoisotopic (exact) mass is 174 g/mol. The largest absolute Gasteiger partial charge is 0.382 e. The standard InChI is InChI=1S/C7H18N4O/c1-7(2,5-12-4)10-6(9-3)11-8/h5,8H2,1-4H3,(H2,9,10,11). The zero-order valence-corrected chi connectivity index (χ0v) is 8.14. The van der Waals surface area contributed by atoms with Crippen molar-refractivity contribution in [3.63, 3.8) is 0 Å². The first-order valence-corrected chi connectivity index (χ1v) is 3.76. The highest BCUT2D eigenvalue weighted by Crippen LogP contribution is 2.00.